The Bertz CT molecular complexity index is 1110. The standard InChI is InChI=1S/C20H21ClFN3O3S/c1-4-28-15-8-10-16(11-9-15)29(26,27)24-20-13(2)23-25(14(20)3)12-17-18(21)6-5-7-19(17)22/h5-11,24H,4,12H2,1-3H3. The number of aromatic nitrogens is 2. The van der Waals surface area contributed by atoms with E-state index in [1.54, 1.807) is 32.0 Å². The van der Waals surface area contributed by atoms with Gasteiger partial charge in [-0.2, -0.15) is 5.10 Å². The SMILES string of the molecule is CCOc1ccc(S(=O)(=O)Nc2c(C)nn(Cc3c(F)cccc3Cl)c2C)cc1. The van der Waals surface area contributed by atoms with Crippen molar-refractivity contribution in [3.63, 3.8) is 0 Å². The zero-order chi connectivity index (χ0) is 21.2. The molecule has 3 rings (SSSR count). The molecule has 1 N–H and O–H groups in total. The zero-order valence-electron chi connectivity index (χ0n) is 16.2. The van der Waals surface area contributed by atoms with E-state index in [9.17, 15) is 12.8 Å². The van der Waals surface area contributed by atoms with Crippen LogP contribution in [-0.4, -0.2) is 24.8 Å². The fraction of sp³-hybridized carbons (Fsp3) is 0.250. The summed E-state index contributed by atoms with van der Waals surface area (Å²) in [6, 6.07) is 10.6. The van der Waals surface area contributed by atoms with Crippen molar-refractivity contribution in [1.29, 1.82) is 0 Å². The van der Waals surface area contributed by atoms with Crippen LogP contribution >= 0.6 is 11.6 Å². The molecule has 0 fully saturated rings. The molecule has 0 aliphatic heterocycles. The lowest BCUT2D eigenvalue weighted by molar-refractivity contribution is 0.340. The molecular formula is C20H21ClFN3O3S. The van der Waals surface area contributed by atoms with Gasteiger partial charge in [0.1, 0.15) is 11.6 Å². The Balaban J connectivity index is 1.88. The van der Waals surface area contributed by atoms with Gasteiger partial charge in [0.2, 0.25) is 0 Å². The Morgan fingerprint density at radius 1 is 1.17 bits per heavy atom. The van der Waals surface area contributed by atoms with Gasteiger partial charge in [-0.3, -0.25) is 9.40 Å². The van der Waals surface area contributed by atoms with Crippen LogP contribution in [0.5, 0.6) is 5.75 Å². The lowest BCUT2D eigenvalue weighted by atomic mass is 10.2. The highest BCUT2D eigenvalue weighted by Crippen LogP contribution is 2.27. The Kier molecular flexibility index (Phi) is 6.14. The number of ether oxygens (including phenoxy) is 1. The number of halogens is 2. The van der Waals surface area contributed by atoms with Crippen LogP contribution in [-0.2, 0) is 16.6 Å². The second-order valence-corrected chi connectivity index (χ2v) is 8.50. The summed E-state index contributed by atoms with van der Waals surface area (Å²) in [6.07, 6.45) is 0. The number of anilines is 1. The van der Waals surface area contributed by atoms with E-state index in [1.165, 1.54) is 28.9 Å². The van der Waals surface area contributed by atoms with E-state index < -0.39 is 15.8 Å². The van der Waals surface area contributed by atoms with E-state index in [-0.39, 0.29) is 16.5 Å². The predicted molar refractivity (Wildman–Crippen MR) is 111 cm³/mol. The molecule has 0 saturated heterocycles. The smallest absolute Gasteiger partial charge is 0.262 e. The van der Waals surface area contributed by atoms with Crippen molar-refractivity contribution in [3.05, 3.63) is 70.3 Å². The molecule has 154 valence electrons. The number of sulfonamides is 1. The van der Waals surface area contributed by atoms with Crippen LogP contribution in [0.4, 0.5) is 10.1 Å². The number of benzene rings is 2. The van der Waals surface area contributed by atoms with Crippen molar-refractivity contribution in [2.45, 2.75) is 32.2 Å². The van der Waals surface area contributed by atoms with Gasteiger partial charge in [-0.05, 0) is 57.2 Å². The highest BCUT2D eigenvalue weighted by molar-refractivity contribution is 7.92. The monoisotopic (exact) mass is 437 g/mol. The van der Waals surface area contributed by atoms with E-state index in [4.69, 9.17) is 16.3 Å². The quantitative estimate of drug-likeness (QED) is 0.589. The van der Waals surface area contributed by atoms with Gasteiger partial charge in [0.05, 0.1) is 35.1 Å². The van der Waals surface area contributed by atoms with E-state index in [0.717, 1.165) is 0 Å². The molecule has 9 heteroatoms. The molecule has 0 radical (unpaired) electrons. The number of rotatable bonds is 7. The maximum Gasteiger partial charge on any atom is 0.262 e. The lowest BCUT2D eigenvalue weighted by Crippen LogP contribution is -2.14. The molecule has 0 amide bonds. The first kappa shape index (κ1) is 21.1. The third-order valence-electron chi connectivity index (χ3n) is 4.43. The normalized spacial score (nSPS) is 11.5. The Morgan fingerprint density at radius 3 is 2.48 bits per heavy atom. The number of nitrogens with one attached hydrogen (secondary N) is 1. The van der Waals surface area contributed by atoms with Crippen molar-refractivity contribution in [2.75, 3.05) is 11.3 Å². The van der Waals surface area contributed by atoms with Crippen LogP contribution in [0.1, 0.15) is 23.9 Å². The fourth-order valence-corrected chi connectivity index (χ4v) is 4.31. The van der Waals surface area contributed by atoms with Crippen LogP contribution in [0.2, 0.25) is 5.02 Å². The fourth-order valence-electron chi connectivity index (χ4n) is 2.91. The molecule has 0 bridgehead atoms. The Morgan fingerprint density at radius 2 is 1.86 bits per heavy atom. The summed E-state index contributed by atoms with van der Waals surface area (Å²) in [6.45, 7) is 5.83. The summed E-state index contributed by atoms with van der Waals surface area (Å²) in [5, 5.41) is 4.63. The van der Waals surface area contributed by atoms with E-state index >= 15 is 0 Å². The van der Waals surface area contributed by atoms with Crippen molar-refractivity contribution in [2.24, 2.45) is 0 Å². The highest BCUT2D eigenvalue weighted by Gasteiger charge is 2.21. The largest absolute Gasteiger partial charge is 0.494 e. The average Bonchev–Trinajstić information content (AvgIpc) is 2.93. The van der Waals surface area contributed by atoms with E-state index in [2.05, 4.69) is 9.82 Å². The summed E-state index contributed by atoms with van der Waals surface area (Å²) in [5.41, 5.74) is 1.67. The molecular weight excluding hydrogens is 417 g/mol. The molecule has 1 aromatic heterocycles. The number of hydrogen-bond donors (Lipinski definition) is 1. The molecule has 3 aromatic rings. The first-order valence-electron chi connectivity index (χ1n) is 8.95. The Labute approximate surface area is 174 Å². The maximum absolute atomic E-state index is 14.1. The molecule has 0 aliphatic carbocycles. The second-order valence-electron chi connectivity index (χ2n) is 6.41. The molecule has 0 atom stereocenters. The molecule has 0 aliphatic rings. The third kappa shape index (κ3) is 4.54. The van der Waals surface area contributed by atoms with Crippen LogP contribution in [0.3, 0.4) is 0 Å². The van der Waals surface area contributed by atoms with Crippen molar-refractivity contribution < 1.29 is 17.5 Å². The maximum atomic E-state index is 14.1. The molecule has 29 heavy (non-hydrogen) atoms. The summed E-state index contributed by atoms with van der Waals surface area (Å²) in [5.74, 6) is 0.148. The molecule has 6 nitrogen and oxygen atoms in total. The summed E-state index contributed by atoms with van der Waals surface area (Å²) >= 11 is 6.10. The minimum Gasteiger partial charge on any atom is -0.494 e. The molecule has 0 spiro atoms. The lowest BCUT2D eigenvalue weighted by Gasteiger charge is -2.11. The van der Waals surface area contributed by atoms with Crippen LogP contribution in [0, 0.1) is 19.7 Å². The summed E-state index contributed by atoms with van der Waals surface area (Å²) in [4.78, 5) is 0.102. The number of nitrogens with zero attached hydrogens (tertiary/aromatic N) is 2. The molecule has 0 unspecified atom stereocenters. The molecule has 2 aromatic carbocycles. The summed E-state index contributed by atoms with van der Waals surface area (Å²) in [7, 11) is -3.82. The Hall–Kier alpha value is -2.58. The van der Waals surface area contributed by atoms with E-state index in [0.29, 0.717) is 35.0 Å². The number of hydrogen-bond acceptors (Lipinski definition) is 4. The van der Waals surface area contributed by atoms with Gasteiger partial charge in [-0.25, -0.2) is 12.8 Å². The van der Waals surface area contributed by atoms with Crippen molar-refractivity contribution >= 4 is 27.3 Å². The first-order chi connectivity index (χ1) is 13.7. The third-order valence-corrected chi connectivity index (χ3v) is 6.15. The van der Waals surface area contributed by atoms with Gasteiger partial charge in [0, 0.05) is 10.6 Å². The minimum absolute atomic E-state index is 0.0863. The van der Waals surface area contributed by atoms with Crippen molar-refractivity contribution in [3.8, 4) is 5.75 Å². The van der Waals surface area contributed by atoms with Gasteiger partial charge >= 0.3 is 0 Å². The van der Waals surface area contributed by atoms with Crippen LogP contribution < -0.4 is 9.46 Å². The minimum atomic E-state index is -3.82. The summed E-state index contributed by atoms with van der Waals surface area (Å²) < 4.78 is 49.1. The molecule has 1 heterocycles. The van der Waals surface area contributed by atoms with Gasteiger partial charge in [-0.1, -0.05) is 17.7 Å². The topological polar surface area (TPSA) is 73.2 Å². The average molecular weight is 438 g/mol. The van der Waals surface area contributed by atoms with Gasteiger partial charge in [0.15, 0.2) is 0 Å². The second kappa shape index (κ2) is 8.42. The van der Waals surface area contributed by atoms with Crippen LogP contribution in [0.25, 0.3) is 0 Å². The zero-order valence-corrected chi connectivity index (χ0v) is 17.8. The van der Waals surface area contributed by atoms with E-state index in [1.807, 2.05) is 6.92 Å². The molecule has 0 saturated carbocycles. The van der Waals surface area contributed by atoms with Crippen LogP contribution in [0.15, 0.2) is 47.4 Å². The van der Waals surface area contributed by atoms with Gasteiger partial charge in [-0.15, -0.1) is 0 Å². The van der Waals surface area contributed by atoms with Gasteiger partial charge < -0.3 is 4.74 Å². The van der Waals surface area contributed by atoms with Crippen molar-refractivity contribution in [1.82, 2.24) is 9.78 Å². The predicted octanol–water partition coefficient (Wildman–Crippen LogP) is 4.54. The first-order valence-corrected chi connectivity index (χ1v) is 10.8. The highest BCUT2D eigenvalue weighted by atomic mass is 35.5. The number of aryl methyl sites for hydroxylation is 1. The van der Waals surface area contributed by atoms with Gasteiger partial charge in [0.25, 0.3) is 10.0 Å².